The number of hydrogen-bond donors (Lipinski definition) is 5. The Hall–Kier alpha value is -4.22. The number of carboxylic acids is 1. The highest BCUT2D eigenvalue weighted by Gasteiger charge is 2.48. The summed E-state index contributed by atoms with van der Waals surface area (Å²) in [6, 6.07) is 8.31. The van der Waals surface area contributed by atoms with Crippen molar-refractivity contribution < 1.29 is 90.0 Å². The van der Waals surface area contributed by atoms with Crippen LogP contribution in [0.2, 0.25) is 0 Å². The van der Waals surface area contributed by atoms with Crippen molar-refractivity contribution in [3.8, 4) is 0 Å². The van der Waals surface area contributed by atoms with Gasteiger partial charge in [-0.1, -0.05) is 36.8 Å². The summed E-state index contributed by atoms with van der Waals surface area (Å²) in [7, 11) is -16.4. The van der Waals surface area contributed by atoms with E-state index in [0.717, 1.165) is 5.70 Å². The molecule has 0 aromatic heterocycles. The van der Waals surface area contributed by atoms with Gasteiger partial charge in [0.05, 0.1) is 79.6 Å². The van der Waals surface area contributed by atoms with E-state index >= 15 is 0 Å². The van der Waals surface area contributed by atoms with E-state index in [0.29, 0.717) is 107 Å². The molecular formula is C48H69N2O19S4+. The van der Waals surface area contributed by atoms with Gasteiger partial charge in [-0.25, -0.2) is 0 Å². The molecule has 0 spiro atoms. The summed E-state index contributed by atoms with van der Waals surface area (Å²) in [5.74, 6) is -2.09. The number of fused-ring (bicyclic) bond motifs is 2. The number of unbranched alkanes of at least 4 members (excludes halogenated alkanes) is 2. The maximum Gasteiger partial charge on any atom is 0.303 e. The molecule has 73 heavy (non-hydrogen) atoms. The van der Waals surface area contributed by atoms with Crippen LogP contribution in [0.1, 0.15) is 76.3 Å². The summed E-state index contributed by atoms with van der Waals surface area (Å²) < 4.78 is 164. The predicted octanol–water partition coefficient (Wildman–Crippen LogP) is 5.56. The summed E-state index contributed by atoms with van der Waals surface area (Å²) in [6.07, 6.45) is 14.2. The molecule has 0 saturated heterocycles. The fourth-order valence-electron chi connectivity index (χ4n) is 8.79. The minimum absolute atomic E-state index is 0.0110. The summed E-state index contributed by atoms with van der Waals surface area (Å²) >= 11 is 0. The van der Waals surface area contributed by atoms with Gasteiger partial charge in [0.15, 0.2) is 5.71 Å². The maximum atomic E-state index is 12.4. The van der Waals surface area contributed by atoms with Crippen LogP contribution < -0.4 is 4.90 Å². The second-order valence-electron chi connectivity index (χ2n) is 17.8. The second-order valence-corrected chi connectivity index (χ2v) is 23.8. The third kappa shape index (κ3) is 19.1. The zero-order valence-corrected chi connectivity index (χ0v) is 44.6. The van der Waals surface area contributed by atoms with Crippen molar-refractivity contribution in [2.75, 3.05) is 96.1 Å². The Bertz CT molecular complexity index is 2810. The molecule has 0 bridgehead atoms. The number of aliphatic carboxylic acids is 1. The normalized spacial score (nSPS) is 19.1. The lowest BCUT2D eigenvalue weighted by molar-refractivity contribution is -0.437. The molecule has 0 aliphatic carbocycles. The van der Waals surface area contributed by atoms with Crippen LogP contribution in [0.5, 0.6) is 0 Å². The summed E-state index contributed by atoms with van der Waals surface area (Å²) in [5.41, 5.74) is 1.51. The van der Waals surface area contributed by atoms with Gasteiger partial charge in [-0.05, 0) is 87.9 Å². The fourth-order valence-corrected chi connectivity index (χ4v) is 10.8. The number of hydrogen-bond acceptors (Lipinski definition) is 15. The summed E-state index contributed by atoms with van der Waals surface area (Å²) in [4.78, 5) is 12.6. The minimum Gasteiger partial charge on any atom is -0.481 e. The highest BCUT2D eigenvalue weighted by Crippen LogP contribution is 2.51. The minimum atomic E-state index is -4.68. The molecule has 2 atom stereocenters. The Labute approximate surface area is 429 Å². The van der Waals surface area contributed by atoms with Gasteiger partial charge in [-0.15, -0.1) is 0 Å². The van der Waals surface area contributed by atoms with Crippen molar-refractivity contribution in [1.82, 2.24) is 0 Å². The number of rotatable bonds is 35. The van der Waals surface area contributed by atoms with E-state index in [-0.39, 0.29) is 50.3 Å². The standard InChI is InChI=1S/C48H68N2O19S4/c1-47(21-12-34-70(53,54)55)40-36-38(72(59,60)61)17-19-42(40)50(24-13-35-71(56,57)58)44(47)14-8-5-4-6-9-15-45-48(2,22-25-66-28-29-68-32-33-69-31-30-67-27-26-65-3)41-37-39(73(62,63)64)18-20-43(41)49(45)23-11-7-10-16-46(51)52/h4-6,8-9,14-15,17-20,36-37H,7,10-13,16,21-35H2,1-3H3,(H4-,51,52,53,54,55,56,57,58,59,60,61,62,63,64)/p+1. The van der Waals surface area contributed by atoms with E-state index in [1.807, 2.05) is 17.9 Å². The van der Waals surface area contributed by atoms with E-state index in [9.17, 15) is 61.8 Å². The Morgan fingerprint density at radius 2 is 1.15 bits per heavy atom. The zero-order valence-electron chi connectivity index (χ0n) is 41.3. The van der Waals surface area contributed by atoms with Crippen LogP contribution in [0, 0.1) is 0 Å². The average molecular weight is 1110 g/mol. The fraction of sp³-hybridized carbons (Fsp3) is 0.542. The lowest BCUT2D eigenvalue weighted by Gasteiger charge is -2.30. The smallest absolute Gasteiger partial charge is 0.303 e. The molecular weight excluding hydrogens is 1040 g/mol. The van der Waals surface area contributed by atoms with Gasteiger partial charge in [0, 0.05) is 67.6 Å². The zero-order chi connectivity index (χ0) is 53.9. The van der Waals surface area contributed by atoms with Crippen molar-refractivity contribution in [2.45, 2.75) is 85.8 Å². The highest BCUT2D eigenvalue weighted by atomic mass is 32.2. The van der Waals surface area contributed by atoms with Crippen LogP contribution in [0.25, 0.3) is 0 Å². The van der Waals surface area contributed by atoms with Crippen LogP contribution in [0.15, 0.2) is 94.4 Å². The quantitative estimate of drug-likeness (QED) is 0.0244. The van der Waals surface area contributed by atoms with Crippen LogP contribution in [0.3, 0.4) is 0 Å². The van der Waals surface area contributed by atoms with Gasteiger partial charge in [0.2, 0.25) is 5.69 Å². The second kappa shape index (κ2) is 28.1. The van der Waals surface area contributed by atoms with E-state index in [4.69, 9.17) is 23.7 Å². The lowest BCUT2D eigenvalue weighted by Crippen LogP contribution is -2.32. The molecule has 408 valence electrons. The largest absolute Gasteiger partial charge is 0.481 e. The van der Waals surface area contributed by atoms with Gasteiger partial charge in [-0.3, -0.25) is 23.0 Å². The van der Waals surface area contributed by atoms with Crippen molar-refractivity contribution >= 4 is 63.5 Å². The topological polar surface area (TPSA) is 307 Å². The van der Waals surface area contributed by atoms with Crippen molar-refractivity contribution in [1.29, 1.82) is 0 Å². The predicted molar refractivity (Wildman–Crippen MR) is 272 cm³/mol. The van der Waals surface area contributed by atoms with Gasteiger partial charge in [0.25, 0.3) is 40.5 Å². The van der Waals surface area contributed by atoms with Crippen molar-refractivity contribution in [3.63, 3.8) is 0 Å². The molecule has 0 fully saturated rings. The molecule has 2 aromatic rings. The summed E-state index contributed by atoms with van der Waals surface area (Å²) in [5, 5.41) is 9.21. The first kappa shape index (κ1) is 61.3. The van der Waals surface area contributed by atoms with Gasteiger partial charge < -0.3 is 33.7 Å². The lowest BCUT2D eigenvalue weighted by atomic mass is 9.76. The summed E-state index contributed by atoms with van der Waals surface area (Å²) in [6.45, 7) is 7.52. The van der Waals surface area contributed by atoms with E-state index < -0.39 is 73.7 Å². The molecule has 4 rings (SSSR count). The molecule has 2 aliphatic rings. The van der Waals surface area contributed by atoms with Crippen LogP contribution in [-0.4, -0.2) is 164 Å². The van der Waals surface area contributed by atoms with E-state index in [1.165, 1.54) is 30.3 Å². The van der Waals surface area contributed by atoms with Crippen molar-refractivity contribution in [2.24, 2.45) is 0 Å². The van der Waals surface area contributed by atoms with Crippen LogP contribution in [0.4, 0.5) is 11.4 Å². The number of nitrogens with zero attached hydrogens (tertiary/aromatic N) is 2. The third-order valence-corrected chi connectivity index (χ3v) is 15.7. The average Bonchev–Trinajstić information content (AvgIpc) is 3.66. The number of carboxylic acid groups (broad SMARTS) is 1. The first-order valence-electron chi connectivity index (χ1n) is 23.6. The van der Waals surface area contributed by atoms with Crippen LogP contribution in [-0.2, 0) is 79.8 Å². The highest BCUT2D eigenvalue weighted by molar-refractivity contribution is 7.86. The van der Waals surface area contributed by atoms with E-state index in [2.05, 4.69) is 0 Å². The number of allylic oxidation sites excluding steroid dienone is 8. The Kier molecular flexibility index (Phi) is 23.6. The molecule has 2 unspecified atom stereocenters. The first-order chi connectivity index (χ1) is 34.3. The van der Waals surface area contributed by atoms with E-state index in [1.54, 1.807) is 61.1 Å². The molecule has 21 nitrogen and oxygen atoms in total. The number of anilines is 1. The Balaban J connectivity index is 1.63. The Morgan fingerprint density at radius 1 is 0.616 bits per heavy atom. The molecule has 0 saturated carbocycles. The number of methoxy groups -OCH3 is 1. The number of ether oxygens (including phenoxy) is 5. The molecule has 5 N–H and O–H groups in total. The molecule has 2 heterocycles. The first-order valence-corrected chi connectivity index (χ1v) is 29.7. The maximum absolute atomic E-state index is 12.4. The molecule has 25 heteroatoms. The van der Waals surface area contributed by atoms with Gasteiger partial charge >= 0.3 is 5.97 Å². The Morgan fingerprint density at radius 3 is 1.73 bits per heavy atom. The molecule has 0 radical (unpaired) electrons. The SMILES string of the molecule is COCCOCCOCCOCCOCCC1(C)C(=CC=CC=CC=CC2=[N+](CCCS(=O)(=O)O)c3ccc(S(=O)(=O)O)cc3C2(C)CCCS(=O)(=O)O)N(CCCCCC(=O)O)c2ccc(S(=O)(=O)O)cc21. The third-order valence-electron chi connectivity index (χ3n) is 12.4. The molecule has 0 amide bonds. The monoisotopic (exact) mass is 1110 g/mol. The number of benzene rings is 2. The van der Waals surface area contributed by atoms with Crippen LogP contribution >= 0.6 is 0 Å². The van der Waals surface area contributed by atoms with Gasteiger partial charge in [0.1, 0.15) is 6.54 Å². The number of carbonyl (C=O) groups is 1. The molecule has 2 aromatic carbocycles. The van der Waals surface area contributed by atoms with Crippen molar-refractivity contribution in [3.05, 3.63) is 95.8 Å². The molecule has 2 aliphatic heterocycles. The van der Waals surface area contributed by atoms with Gasteiger partial charge in [-0.2, -0.15) is 38.2 Å².